The van der Waals surface area contributed by atoms with E-state index < -0.39 is 0 Å². The molecule has 0 amide bonds. The highest BCUT2D eigenvalue weighted by molar-refractivity contribution is 6.06. The number of benzene rings is 1. The summed E-state index contributed by atoms with van der Waals surface area (Å²) in [5.74, 6) is 0.611. The number of rotatable bonds is 1. The summed E-state index contributed by atoms with van der Waals surface area (Å²) in [5.41, 5.74) is 5.18. The molecule has 0 aliphatic carbocycles. The number of aromatic nitrogens is 3. The monoisotopic (exact) mass is 280 g/mol. The van der Waals surface area contributed by atoms with Crippen LogP contribution in [-0.4, -0.2) is 9.97 Å². The van der Waals surface area contributed by atoms with E-state index in [1.54, 1.807) is 6.20 Å². The second-order valence-corrected chi connectivity index (χ2v) is 5.18. The van der Waals surface area contributed by atoms with E-state index in [4.69, 9.17) is 8.83 Å². The molecule has 0 atom stereocenters. The zero-order valence-corrected chi connectivity index (χ0v) is 12.0. The average Bonchev–Trinajstić information content (AvgIpc) is 2.96. The predicted molar refractivity (Wildman–Crippen MR) is 77.7 cm³/mol. The lowest BCUT2D eigenvalue weighted by Crippen LogP contribution is -2.30. The molecule has 0 radical (unpaired) electrons. The molecule has 3 aromatic heterocycles. The van der Waals surface area contributed by atoms with Gasteiger partial charge in [-0.05, 0) is 18.6 Å². The number of oxazole rings is 1. The van der Waals surface area contributed by atoms with Crippen LogP contribution in [0.25, 0.3) is 33.5 Å². The van der Waals surface area contributed by atoms with Crippen LogP contribution in [0.1, 0.15) is 11.5 Å². The van der Waals surface area contributed by atoms with Crippen LogP contribution in [0.3, 0.4) is 0 Å². The molecule has 104 valence electrons. The lowest BCUT2D eigenvalue weighted by Gasteiger charge is -2.04. The number of aryl methyl sites for hydroxylation is 3. The first kappa shape index (κ1) is 12.1. The van der Waals surface area contributed by atoms with Gasteiger partial charge in [0.25, 0.3) is 5.71 Å². The van der Waals surface area contributed by atoms with E-state index in [2.05, 4.69) is 23.0 Å². The summed E-state index contributed by atoms with van der Waals surface area (Å²) in [5, 5.41) is 0.940. The Morgan fingerprint density at radius 3 is 2.76 bits per heavy atom. The van der Waals surface area contributed by atoms with Gasteiger partial charge >= 0.3 is 0 Å². The number of hydrogen-bond donors (Lipinski definition) is 0. The largest absolute Gasteiger partial charge is 0.437 e. The van der Waals surface area contributed by atoms with Crippen molar-refractivity contribution in [3.05, 3.63) is 42.2 Å². The minimum atomic E-state index is 0.542. The molecule has 0 saturated carbocycles. The first-order valence-corrected chi connectivity index (χ1v) is 6.74. The fourth-order valence-electron chi connectivity index (χ4n) is 2.69. The normalized spacial score (nSPS) is 11.6. The van der Waals surface area contributed by atoms with Gasteiger partial charge in [0.15, 0.2) is 17.7 Å². The summed E-state index contributed by atoms with van der Waals surface area (Å²) >= 11 is 0. The van der Waals surface area contributed by atoms with Gasteiger partial charge in [-0.3, -0.25) is 4.98 Å². The van der Waals surface area contributed by atoms with Crippen LogP contribution in [0.5, 0.6) is 0 Å². The molecular formula is C16H14N3O2+. The molecule has 0 bridgehead atoms. The van der Waals surface area contributed by atoms with Crippen molar-refractivity contribution in [3.63, 3.8) is 0 Å². The molecule has 5 nitrogen and oxygen atoms in total. The molecule has 0 aliphatic rings. The first-order valence-electron chi connectivity index (χ1n) is 6.74. The number of hydrogen-bond acceptors (Lipinski definition) is 4. The van der Waals surface area contributed by atoms with E-state index in [1.807, 2.05) is 37.0 Å². The van der Waals surface area contributed by atoms with Gasteiger partial charge in [-0.25, -0.2) is 0 Å². The van der Waals surface area contributed by atoms with E-state index in [-0.39, 0.29) is 0 Å². The molecule has 4 rings (SSSR count). The Kier molecular flexibility index (Phi) is 2.39. The summed E-state index contributed by atoms with van der Waals surface area (Å²) in [4.78, 5) is 8.51. The van der Waals surface area contributed by atoms with E-state index in [1.165, 1.54) is 0 Å². The summed E-state index contributed by atoms with van der Waals surface area (Å²) < 4.78 is 13.6. The highest BCUT2D eigenvalue weighted by atomic mass is 16.4. The van der Waals surface area contributed by atoms with Gasteiger partial charge in [0, 0.05) is 6.92 Å². The second-order valence-electron chi connectivity index (χ2n) is 5.18. The van der Waals surface area contributed by atoms with Crippen LogP contribution in [-0.2, 0) is 7.05 Å². The zero-order chi connectivity index (χ0) is 14.6. The van der Waals surface area contributed by atoms with Crippen molar-refractivity contribution in [1.82, 2.24) is 9.97 Å². The van der Waals surface area contributed by atoms with E-state index >= 15 is 0 Å². The van der Waals surface area contributed by atoms with Crippen molar-refractivity contribution >= 4 is 22.3 Å². The fraction of sp³-hybridized carbons (Fsp3) is 0.188. The number of furan rings is 1. The molecule has 1 aromatic carbocycles. The van der Waals surface area contributed by atoms with E-state index in [9.17, 15) is 0 Å². The predicted octanol–water partition coefficient (Wildman–Crippen LogP) is 3.08. The highest BCUT2D eigenvalue weighted by Crippen LogP contribution is 2.36. The van der Waals surface area contributed by atoms with E-state index in [0.29, 0.717) is 17.2 Å². The van der Waals surface area contributed by atoms with Crippen molar-refractivity contribution in [3.8, 4) is 11.3 Å². The van der Waals surface area contributed by atoms with Crippen molar-refractivity contribution in [2.45, 2.75) is 13.8 Å². The average molecular weight is 280 g/mol. The molecule has 4 aromatic rings. The first-order chi connectivity index (χ1) is 10.1. The summed E-state index contributed by atoms with van der Waals surface area (Å²) in [6.07, 6.45) is 5.52. The Morgan fingerprint density at radius 1 is 1.10 bits per heavy atom. The third kappa shape index (κ3) is 1.67. The van der Waals surface area contributed by atoms with Crippen LogP contribution in [0.4, 0.5) is 0 Å². The summed E-state index contributed by atoms with van der Waals surface area (Å²) in [6.45, 7) is 3.88. The quantitative estimate of drug-likeness (QED) is 0.503. The molecule has 0 fully saturated rings. The zero-order valence-electron chi connectivity index (χ0n) is 12.0. The maximum absolute atomic E-state index is 5.95. The highest BCUT2D eigenvalue weighted by Gasteiger charge is 2.22. The minimum absolute atomic E-state index is 0.542. The maximum atomic E-state index is 5.95. The second kappa shape index (κ2) is 4.15. The minimum Gasteiger partial charge on any atom is -0.437 e. The van der Waals surface area contributed by atoms with Gasteiger partial charge in [-0.15, -0.1) is 0 Å². The molecule has 5 heteroatoms. The lowest BCUT2D eigenvalue weighted by atomic mass is 10.0. The summed E-state index contributed by atoms with van der Waals surface area (Å²) in [6, 6.07) is 4.08. The molecule has 0 N–H and O–H groups in total. The maximum Gasteiger partial charge on any atom is 0.267 e. The number of fused-ring (bicyclic) bond motifs is 3. The van der Waals surface area contributed by atoms with Gasteiger partial charge in [-0.1, -0.05) is 6.07 Å². The Labute approximate surface area is 120 Å². The topological polar surface area (TPSA) is 55.9 Å². The molecule has 21 heavy (non-hydrogen) atoms. The SMILES string of the molecule is Cc1nc2oc3c(-c4cncc[n+]4C)c(C)ccc3c2o1. The molecule has 0 unspecified atom stereocenters. The summed E-state index contributed by atoms with van der Waals surface area (Å²) in [7, 11) is 1.99. The molecule has 3 heterocycles. The Bertz CT molecular complexity index is 982. The molecular weight excluding hydrogens is 266 g/mol. The van der Waals surface area contributed by atoms with Crippen molar-refractivity contribution in [2.24, 2.45) is 7.05 Å². The van der Waals surface area contributed by atoms with Gasteiger partial charge in [0.2, 0.25) is 11.3 Å². The van der Waals surface area contributed by atoms with Crippen LogP contribution in [0, 0.1) is 13.8 Å². The van der Waals surface area contributed by atoms with Crippen LogP contribution in [0.15, 0.2) is 39.6 Å². The van der Waals surface area contributed by atoms with Gasteiger partial charge in [-0.2, -0.15) is 9.55 Å². The lowest BCUT2D eigenvalue weighted by molar-refractivity contribution is -0.660. The van der Waals surface area contributed by atoms with Crippen molar-refractivity contribution in [2.75, 3.05) is 0 Å². The third-order valence-corrected chi connectivity index (χ3v) is 3.72. The van der Waals surface area contributed by atoms with Gasteiger partial charge < -0.3 is 8.83 Å². The standard InChI is InChI=1S/C16H14N3O2/c1-9-4-5-11-14(21-16-15(11)20-10(2)18-16)13(9)12-8-17-6-7-19(12)3/h4-8H,1-3H3/q+1. The van der Waals surface area contributed by atoms with Crippen LogP contribution >= 0.6 is 0 Å². The smallest absolute Gasteiger partial charge is 0.267 e. The number of nitrogens with zero attached hydrogens (tertiary/aromatic N) is 3. The fourth-order valence-corrected chi connectivity index (χ4v) is 2.69. The Balaban J connectivity index is 2.15. The van der Waals surface area contributed by atoms with E-state index in [0.717, 1.165) is 27.8 Å². The molecule has 0 spiro atoms. The van der Waals surface area contributed by atoms with Crippen molar-refractivity contribution < 1.29 is 13.4 Å². The third-order valence-electron chi connectivity index (χ3n) is 3.72. The van der Waals surface area contributed by atoms with Gasteiger partial charge in [0.05, 0.1) is 23.3 Å². The molecule has 0 aliphatic heterocycles. The Hall–Kier alpha value is -2.69. The molecule has 0 saturated heterocycles. The van der Waals surface area contributed by atoms with Crippen LogP contribution in [0.2, 0.25) is 0 Å². The Morgan fingerprint density at radius 2 is 1.95 bits per heavy atom. The van der Waals surface area contributed by atoms with Gasteiger partial charge in [0.1, 0.15) is 7.05 Å². The van der Waals surface area contributed by atoms with Crippen LogP contribution < -0.4 is 4.57 Å². The van der Waals surface area contributed by atoms with Crippen molar-refractivity contribution in [1.29, 1.82) is 0 Å².